The Kier molecular flexibility index (Phi) is 6.74. The van der Waals surface area contributed by atoms with Crippen molar-refractivity contribution in [3.05, 3.63) is 47.7 Å². The van der Waals surface area contributed by atoms with Crippen LogP contribution >= 0.6 is 0 Å². The van der Waals surface area contributed by atoms with Gasteiger partial charge in [-0.2, -0.15) is 5.26 Å². The number of nitriles is 1. The molecule has 0 spiro atoms. The second-order valence-corrected chi connectivity index (χ2v) is 6.48. The minimum atomic E-state index is -0.430. The van der Waals surface area contributed by atoms with Gasteiger partial charge in [0.15, 0.2) is 0 Å². The number of ether oxygens (including phenoxy) is 2. The fourth-order valence-corrected chi connectivity index (χ4v) is 2.31. The zero-order chi connectivity index (χ0) is 19.1. The van der Waals surface area contributed by atoms with Crippen LogP contribution in [0.4, 0.5) is 0 Å². The molecule has 1 aromatic carbocycles. The Hall–Kier alpha value is -2.87. The van der Waals surface area contributed by atoms with Crippen molar-refractivity contribution in [2.75, 3.05) is 13.2 Å². The number of hydrogen-bond donors (Lipinski definition) is 0. The average molecular weight is 352 g/mol. The average Bonchev–Trinajstić information content (AvgIpc) is 2.66. The standard InChI is InChI=1S/C21H24N2O3/c1-5-25-21(24)18-7-6-10-23-20(18)16-8-9-19(17(11-16)12-22)26-13-15(4)14(2)3/h6-11,14-15H,5,13H2,1-4H3. The first kappa shape index (κ1) is 19.5. The zero-order valence-electron chi connectivity index (χ0n) is 15.7. The largest absolute Gasteiger partial charge is 0.492 e. The summed E-state index contributed by atoms with van der Waals surface area (Å²) in [6.45, 7) is 8.98. The van der Waals surface area contributed by atoms with E-state index >= 15 is 0 Å². The molecule has 0 saturated carbocycles. The predicted molar refractivity (Wildman–Crippen MR) is 99.8 cm³/mol. The molecule has 136 valence electrons. The molecule has 5 heteroatoms. The molecule has 0 saturated heterocycles. The molecule has 0 aliphatic heterocycles. The molecule has 1 aromatic heterocycles. The van der Waals surface area contributed by atoms with Crippen LogP contribution in [0.3, 0.4) is 0 Å². The highest BCUT2D eigenvalue weighted by molar-refractivity contribution is 5.96. The quantitative estimate of drug-likeness (QED) is 0.688. The van der Waals surface area contributed by atoms with Crippen LogP contribution in [-0.2, 0) is 4.74 Å². The highest BCUT2D eigenvalue weighted by atomic mass is 16.5. The maximum absolute atomic E-state index is 12.1. The Morgan fingerprint density at radius 3 is 2.69 bits per heavy atom. The summed E-state index contributed by atoms with van der Waals surface area (Å²) in [6.07, 6.45) is 1.61. The Morgan fingerprint density at radius 1 is 1.27 bits per heavy atom. The molecule has 1 heterocycles. The summed E-state index contributed by atoms with van der Waals surface area (Å²) in [5.41, 5.74) is 1.96. The lowest BCUT2D eigenvalue weighted by atomic mass is 9.99. The summed E-state index contributed by atoms with van der Waals surface area (Å²) in [4.78, 5) is 16.5. The molecule has 1 atom stereocenters. The highest BCUT2D eigenvalue weighted by Gasteiger charge is 2.17. The third kappa shape index (κ3) is 4.60. The van der Waals surface area contributed by atoms with E-state index in [0.29, 0.717) is 46.6 Å². The normalized spacial score (nSPS) is 11.7. The molecule has 0 fully saturated rings. The van der Waals surface area contributed by atoms with Gasteiger partial charge in [0.25, 0.3) is 0 Å². The minimum Gasteiger partial charge on any atom is -0.492 e. The number of carbonyl (C=O) groups is 1. The fraction of sp³-hybridized carbons (Fsp3) is 0.381. The van der Waals surface area contributed by atoms with Crippen molar-refractivity contribution in [2.24, 2.45) is 11.8 Å². The molecule has 0 aliphatic rings. The first-order valence-electron chi connectivity index (χ1n) is 8.77. The second kappa shape index (κ2) is 9.00. The van der Waals surface area contributed by atoms with Gasteiger partial charge in [-0.15, -0.1) is 0 Å². The predicted octanol–water partition coefficient (Wildman–Crippen LogP) is 4.47. The van der Waals surface area contributed by atoms with Crippen LogP contribution in [0.5, 0.6) is 5.75 Å². The van der Waals surface area contributed by atoms with E-state index in [9.17, 15) is 10.1 Å². The molecule has 2 aromatic rings. The van der Waals surface area contributed by atoms with Gasteiger partial charge < -0.3 is 9.47 Å². The summed E-state index contributed by atoms with van der Waals surface area (Å²) < 4.78 is 10.9. The summed E-state index contributed by atoms with van der Waals surface area (Å²) in [5.74, 6) is 0.991. The van der Waals surface area contributed by atoms with Gasteiger partial charge in [-0.05, 0) is 49.1 Å². The Morgan fingerprint density at radius 2 is 2.04 bits per heavy atom. The van der Waals surface area contributed by atoms with Crippen LogP contribution in [0.2, 0.25) is 0 Å². The summed E-state index contributed by atoms with van der Waals surface area (Å²) >= 11 is 0. The number of benzene rings is 1. The molecule has 2 rings (SSSR count). The van der Waals surface area contributed by atoms with Crippen molar-refractivity contribution >= 4 is 5.97 Å². The lowest BCUT2D eigenvalue weighted by Crippen LogP contribution is -2.14. The van der Waals surface area contributed by atoms with E-state index in [-0.39, 0.29) is 6.61 Å². The molecule has 0 aliphatic carbocycles. The number of carbonyl (C=O) groups excluding carboxylic acids is 1. The van der Waals surface area contributed by atoms with E-state index in [1.165, 1.54) is 0 Å². The van der Waals surface area contributed by atoms with Crippen LogP contribution in [0.1, 0.15) is 43.6 Å². The van der Waals surface area contributed by atoms with Crippen LogP contribution in [-0.4, -0.2) is 24.2 Å². The third-order valence-corrected chi connectivity index (χ3v) is 4.32. The van der Waals surface area contributed by atoms with Crippen LogP contribution < -0.4 is 4.74 Å². The molecule has 0 radical (unpaired) electrons. The van der Waals surface area contributed by atoms with E-state index in [4.69, 9.17) is 9.47 Å². The van der Waals surface area contributed by atoms with Crippen molar-refractivity contribution in [3.8, 4) is 23.1 Å². The highest BCUT2D eigenvalue weighted by Crippen LogP contribution is 2.28. The zero-order valence-corrected chi connectivity index (χ0v) is 15.7. The van der Waals surface area contributed by atoms with Crippen LogP contribution in [0.25, 0.3) is 11.3 Å². The van der Waals surface area contributed by atoms with E-state index in [1.807, 2.05) is 0 Å². The molecule has 0 amide bonds. The summed E-state index contributed by atoms with van der Waals surface area (Å²) in [7, 11) is 0. The van der Waals surface area contributed by atoms with E-state index in [1.54, 1.807) is 43.5 Å². The van der Waals surface area contributed by atoms with E-state index < -0.39 is 5.97 Å². The van der Waals surface area contributed by atoms with Crippen molar-refractivity contribution < 1.29 is 14.3 Å². The topological polar surface area (TPSA) is 72.2 Å². The number of nitrogens with zero attached hydrogens (tertiary/aromatic N) is 2. The first-order chi connectivity index (χ1) is 12.5. The monoisotopic (exact) mass is 352 g/mol. The molecular weight excluding hydrogens is 328 g/mol. The van der Waals surface area contributed by atoms with Gasteiger partial charge in [0, 0.05) is 11.8 Å². The maximum atomic E-state index is 12.1. The van der Waals surface area contributed by atoms with Gasteiger partial charge in [-0.25, -0.2) is 4.79 Å². The van der Waals surface area contributed by atoms with Crippen molar-refractivity contribution in [3.63, 3.8) is 0 Å². The molecule has 5 nitrogen and oxygen atoms in total. The number of rotatable bonds is 7. The molecule has 0 N–H and O–H groups in total. The van der Waals surface area contributed by atoms with E-state index in [0.717, 1.165) is 0 Å². The van der Waals surface area contributed by atoms with Gasteiger partial charge >= 0.3 is 5.97 Å². The SMILES string of the molecule is CCOC(=O)c1cccnc1-c1ccc(OCC(C)C(C)C)c(C#N)c1. The Balaban J connectivity index is 2.33. The van der Waals surface area contributed by atoms with Gasteiger partial charge in [0.05, 0.1) is 30.0 Å². The third-order valence-electron chi connectivity index (χ3n) is 4.32. The summed E-state index contributed by atoms with van der Waals surface area (Å²) in [5, 5.41) is 9.48. The molecule has 0 bridgehead atoms. The number of aromatic nitrogens is 1. The van der Waals surface area contributed by atoms with Crippen LogP contribution in [0, 0.1) is 23.2 Å². The molecular formula is C21H24N2O3. The lowest BCUT2D eigenvalue weighted by molar-refractivity contribution is 0.0527. The van der Waals surface area contributed by atoms with Crippen molar-refractivity contribution in [2.45, 2.75) is 27.7 Å². The molecule has 26 heavy (non-hydrogen) atoms. The second-order valence-electron chi connectivity index (χ2n) is 6.48. The minimum absolute atomic E-state index is 0.289. The van der Waals surface area contributed by atoms with Gasteiger partial charge in [0.1, 0.15) is 11.8 Å². The van der Waals surface area contributed by atoms with Gasteiger partial charge in [0.2, 0.25) is 0 Å². The van der Waals surface area contributed by atoms with Gasteiger partial charge in [-0.1, -0.05) is 20.8 Å². The smallest absolute Gasteiger partial charge is 0.340 e. The molecule has 1 unspecified atom stereocenters. The number of pyridine rings is 1. The Labute approximate surface area is 154 Å². The number of hydrogen-bond acceptors (Lipinski definition) is 5. The van der Waals surface area contributed by atoms with Gasteiger partial charge in [-0.3, -0.25) is 4.98 Å². The summed E-state index contributed by atoms with van der Waals surface area (Å²) in [6, 6.07) is 10.8. The van der Waals surface area contributed by atoms with Crippen molar-refractivity contribution in [1.29, 1.82) is 5.26 Å². The van der Waals surface area contributed by atoms with Crippen molar-refractivity contribution in [1.82, 2.24) is 4.98 Å². The Bertz CT molecular complexity index is 809. The van der Waals surface area contributed by atoms with Crippen LogP contribution in [0.15, 0.2) is 36.5 Å². The first-order valence-corrected chi connectivity index (χ1v) is 8.77. The lowest BCUT2D eigenvalue weighted by Gasteiger charge is -2.17. The van der Waals surface area contributed by atoms with E-state index in [2.05, 4.69) is 31.8 Å². The number of esters is 1. The maximum Gasteiger partial charge on any atom is 0.340 e. The fourth-order valence-electron chi connectivity index (χ4n) is 2.31.